The van der Waals surface area contributed by atoms with Crippen molar-refractivity contribution in [1.82, 2.24) is 5.32 Å². The van der Waals surface area contributed by atoms with Gasteiger partial charge in [-0.05, 0) is 46.1 Å². The highest BCUT2D eigenvalue weighted by atomic mass is 16.5. The summed E-state index contributed by atoms with van der Waals surface area (Å²) in [6, 6.07) is 11.7. The molecule has 0 amide bonds. The Balaban J connectivity index is 2.32. The quantitative estimate of drug-likeness (QED) is 0.484. The summed E-state index contributed by atoms with van der Waals surface area (Å²) in [7, 11) is 0. The third kappa shape index (κ3) is 7.50. The number of rotatable bonds is 6. The highest BCUT2D eigenvalue weighted by molar-refractivity contribution is 5.73. The van der Waals surface area contributed by atoms with E-state index in [9.17, 15) is 0 Å². The zero-order chi connectivity index (χ0) is 14.1. The molecule has 106 valence electrons. The standard InChI is InChI=1S/C16H26N2O/c1-13(2)17-16(18-14(3)4)19-12-8-11-15-9-6-5-7-10-15/h5-7,9-10,13-14H,8,11-12H2,1-4H3,(H,17,18). The van der Waals surface area contributed by atoms with E-state index in [0.29, 0.717) is 18.7 Å². The van der Waals surface area contributed by atoms with Gasteiger partial charge in [0.15, 0.2) is 0 Å². The number of aryl methyl sites for hydroxylation is 1. The van der Waals surface area contributed by atoms with Crippen LogP contribution in [0.4, 0.5) is 0 Å². The zero-order valence-electron chi connectivity index (χ0n) is 12.5. The molecule has 1 aromatic rings. The molecule has 3 nitrogen and oxygen atoms in total. The predicted octanol–water partition coefficient (Wildman–Crippen LogP) is 3.40. The van der Waals surface area contributed by atoms with E-state index in [1.54, 1.807) is 0 Å². The van der Waals surface area contributed by atoms with Gasteiger partial charge in [-0.25, -0.2) is 4.99 Å². The average Bonchev–Trinajstić information content (AvgIpc) is 2.34. The smallest absolute Gasteiger partial charge is 0.285 e. The Kier molecular flexibility index (Phi) is 7.01. The lowest BCUT2D eigenvalue weighted by molar-refractivity contribution is 0.277. The highest BCUT2D eigenvalue weighted by Gasteiger charge is 2.03. The number of nitrogens with zero attached hydrogens (tertiary/aromatic N) is 1. The van der Waals surface area contributed by atoms with Crippen LogP contribution >= 0.6 is 0 Å². The second-order valence-electron chi connectivity index (χ2n) is 5.26. The van der Waals surface area contributed by atoms with Gasteiger partial charge in [0.05, 0.1) is 6.61 Å². The predicted molar refractivity (Wildman–Crippen MR) is 81.6 cm³/mol. The van der Waals surface area contributed by atoms with Crippen molar-refractivity contribution in [2.75, 3.05) is 6.61 Å². The van der Waals surface area contributed by atoms with Gasteiger partial charge in [-0.2, -0.15) is 0 Å². The van der Waals surface area contributed by atoms with Crippen LogP contribution in [0.3, 0.4) is 0 Å². The molecule has 1 aromatic carbocycles. The summed E-state index contributed by atoms with van der Waals surface area (Å²) in [4.78, 5) is 4.44. The topological polar surface area (TPSA) is 33.6 Å². The third-order valence-electron chi connectivity index (χ3n) is 2.48. The number of aliphatic imine (C=N–C) groups is 1. The van der Waals surface area contributed by atoms with E-state index in [2.05, 4.69) is 62.3 Å². The molecule has 0 bridgehead atoms. The summed E-state index contributed by atoms with van der Waals surface area (Å²) in [6.45, 7) is 8.97. The van der Waals surface area contributed by atoms with E-state index in [-0.39, 0.29) is 6.04 Å². The number of amidine groups is 1. The van der Waals surface area contributed by atoms with E-state index in [0.717, 1.165) is 12.8 Å². The van der Waals surface area contributed by atoms with Gasteiger partial charge >= 0.3 is 0 Å². The summed E-state index contributed by atoms with van der Waals surface area (Å²) < 4.78 is 5.72. The van der Waals surface area contributed by atoms with Gasteiger partial charge in [-0.15, -0.1) is 0 Å². The summed E-state index contributed by atoms with van der Waals surface area (Å²) in [5.41, 5.74) is 1.35. The molecule has 0 atom stereocenters. The Morgan fingerprint density at radius 3 is 2.42 bits per heavy atom. The fourth-order valence-electron chi connectivity index (χ4n) is 1.69. The van der Waals surface area contributed by atoms with Gasteiger partial charge in [-0.1, -0.05) is 30.3 Å². The average molecular weight is 262 g/mol. The number of nitrogens with one attached hydrogen (secondary N) is 1. The van der Waals surface area contributed by atoms with Crippen LogP contribution in [-0.2, 0) is 11.2 Å². The fraction of sp³-hybridized carbons (Fsp3) is 0.562. The van der Waals surface area contributed by atoms with Crippen molar-refractivity contribution in [3.63, 3.8) is 0 Å². The lowest BCUT2D eigenvalue weighted by Gasteiger charge is -2.15. The lowest BCUT2D eigenvalue weighted by Crippen LogP contribution is -2.33. The number of hydrogen-bond donors (Lipinski definition) is 1. The summed E-state index contributed by atoms with van der Waals surface area (Å²) in [6.07, 6.45) is 2.04. The summed E-state index contributed by atoms with van der Waals surface area (Å²) in [5, 5.41) is 3.24. The molecule has 0 saturated heterocycles. The first kappa shape index (κ1) is 15.5. The zero-order valence-corrected chi connectivity index (χ0v) is 12.5. The first-order valence-electron chi connectivity index (χ1n) is 7.09. The Bertz CT molecular complexity index is 372. The van der Waals surface area contributed by atoms with E-state index in [4.69, 9.17) is 4.74 Å². The maximum atomic E-state index is 5.72. The normalized spacial score (nSPS) is 12.0. The molecule has 0 unspecified atom stereocenters. The van der Waals surface area contributed by atoms with Gasteiger partial charge in [0.1, 0.15) is 0 Å². The molecule has 0 aliphatic carbocycles. The van der Waals surface area contributed by atoms with Crippen LogP contribution in [0.2, 0.25) is 0 Å². The van der Waals surface area contributed by atoms with E-state index < -0.39 is 0 Å². The SMILES string of the molecule is CC(C)N=C(NC(C)C)OCCCc1ccccc1. The van der Waals surface area contributed by atoms with Crippen LogP contribution in [0.1, 0.15) is 39.7 Å². The largest absolute Gasteiger partial charge is 0.465 e. The van der Waals surface area contributed by atoms with Crippen LogP contribution in [0, 0.1) is 0 Å². The van der Waals surface area contributed by atoms with Crippen molar-refractivity contribution in [2.24, 2.45) is 4.99 Å². The third-order valence-corrected chi connectivity index (χ3v) is 2.48. The molecule has 19 heavy (non-hydrogen) atoms. The molecule has 0 aliphatic rings. The minimum Gasteiger partial charge on any atom is -0.465 e. The minimum atomic E-state index is 0.246. The highest BCUT2D eigenvalue weighted by Crippen LogP contribution is 2.02. The molecule has 0 heterocycles. The summed E-state index contributed by atoms with van der Waals surface area (Å²) in [5.74, 6) is 0. The fourth-order valence-corrected chi connectivity index (χ4v) is 1.69. The lowest BCUT2D eigenvalue weighted by atomic mass is 10.1. The molecule has 3 heteroatoms. The van der Waals surface area contributed by atoms with Crippen molar-refractivity contribution in [2.45, 2.75) is 52.6 Å². The maximum absolute atomic E-state index is 5.72. The van der Waals surface area contributed by atoms with Gasteiger partial charge in [0.2, 0.25) is 0 Å². The first-order valence-corrected chi connectivity index (χ1v) is 7.09. The number of hydrogen-bond acceptors (Lipinski definition) is 2. The Morgan fingerprint density at radius 1 is 1.16 bits per heavy atom. The molecular formula is C16H26N2O. The van der Waals surface area contributed by atoms with Crippen LogP contribution in [0.25, 0.3) is 0 Å². The number of benzene rings is 1. The van der Waals surface area contributed by atoms with Crippen LogP contribution in [-0.4, -0.2) is 24.7 Å². The van der Waals surface area contributed by atoms with Gasteiger partial charge in [0.25, 0.3) is 6.02 Å². The van der Waals surface area contributed by atoms with E-state index >= 15 is 0 Å². The Hall–Kier alpha value is -1.51. The molecule has 1 N–H and O–H groups in total. The first-order chi connectivity index (χ1) is 9.08. The Morgan fingerprint density at radius 2 is 1.84 bits per heavy atom. The second-order valence-corrected chi connectivity index (χ2v) is 5.26. The molecular weight excluding hydrogens is 236 g/mol. The number of ether oxygens (including phenoxy) is 1. The van der Waals surface area contributed by atoms with Crippen molar-refractivity contribution in [1.29, 1.82) is 0 Å². The van der Waals surface area contributed by atoms with Gasteiger partial charge in [0, 0.05) is 12.1 Å². The van der Waals surface area contributed by atoms with Crippen LogP contribution < -0.4 is 5.32 Å². The monoisotopic (exact) mass is 262 g/mol. The van der Waals surface area contributed by atoms with E-state index in [1.807, 2.05) is 6.07 Å². The maximum Gasteiger partial charge on any atom is 0.285 e. The van der Waals surface area contributed by atoms with Crippen molar-refractivity contribution in [3.8, 4) is 0 Å². The molecule has 0 aliphatic heterocycles. The molecule has 0 fully saturated rings. The minimum absolute atomic E-state index is 0.246. The molecule has 0 saturated carbocycles. The van der Waals surface area contributed by atoms with E-state index in [1.165, 1.54) is 5.56 Å². The van der Waals surface area contributed by atoms with Gasteiger partial charge < -0.3 is 10.1 Å². The van der Waals surface area contributed by atoms with Crippen LogP contribution in [0.15, 0.2) is 35.3 Å². The van der Waals surface area contributed by atoms with Crippen molar-refractivity contribution < 1.29 is 4.74 Å². The molecule has 0 aromatic heterocycles. The molecule has 0 radical (unpaired) electrons. The Labute approximate surface area is 117 Å². The van der Waals surface area contributed by atoms with Gasteiger partial charge in [-0.3, -0.25) is 0 Å². The van der Waals surface area contributed by atoms with Crippen molar-refractivity contribution in [3.05, 3.63) is 35.9 Å². The van der Waals surface area contributed by atoms with Crippen LogP contribution in [0.5, 0.6) is 0 Å². The second kappa shape index (κ2) is 8.57. The summed E-state index contributed by atoms with van der Waals surface area (Å²) >= 11 is 0. The molecule has 0 spiro atoms. The van der Waals surface area contributed by atoms with Crippen molar-refractivity contribution >= 4 is 6.02 Å². The molecule has 1 rings (SSSR count).